The van der Waals surface area contributed by atoms with Crippen LogP contribution in [0, 0.1) is 5.92 Å². The van der Waals surface area contributed by atoms with Crippen molar-refractivity contribution in [2.75, 3.05) is 19.6 Å². The summed E-state index contributed by atoms with van der Waals surface area (Å²) in [5.41, 5.74) is 1.54. The molecule has 1 fully saturated rings. The van der Waals surface area contributed by atoms with Crippen LogP contribution in [0.2, 0.25) is 0 Å². The number of nitrogens with zero attached hydrogens (tertiary/aromatic N) is 1. The molecule has 0 saturated carbocycles. The van der Waals surface area contributed by atoms with Crippen LogP contribution in [0.5, 0.6) is 0 Å². The van der Waals surface area contributed by atoms with Gasteiger partial charge in [0, 0.05) is 6.54 Å². The van der Waals surface area contributed by atoms with Gasteiger partial charge < -0.3 is 4.90 Å². The summed E-state index contributed by atoms with van der Waals surface area (Å²) in [6.45, 7) is 8.51. The van der Waals surface area contributed by atoms with Crippen LogP contribution < -0.4 is 0 Å². The lowest BCUT2D eigenvalue weighted by atomic mass is 9.89. The first-order chi connectivity index (χ1) is 8.29. The van der Waals surface area contributed by atoms with E-state index in [0.717, 1.165) is 11.8 Å². The van der Waals surface area contributed by atoms with E-state index in [9.17, 15) is 0 Å². The fourth-order valence-corrected chi connectivity index (χ4v) is 2.74. The number of hydrogen-bond acceptors (Lipinski definition) is 1. The summed E-state index contributed by atoms with van der Waals surface area (Å²) in [7, 11) is 0. The van der Waals surface area contributed by atoms with Crippen molar-refractivity contribution < 1.29 is 0 Å². The third-order valence-corrected chi connectivity index (χ3v) is 4.13. The second-order valence-corrected chi connectivity index (χ2v) is 5.50. The Morgan fingerprint density at radius 2 is 1.82 bits per heavy atom. The van der Waals surface area contributed by atoms with E-state index in [1.165, 1.54) is 44.5 Å². The summed E-state index contributed by atoms with van der Waals surface area (Å²) >= 11 is 0. The van der Waals surface area contributed by atoms with Gasteiger partial charge in [-0.15, -0.1) is 0 Å². The quantitative estimate of drug-likeness (QED) is 0.759. The van der Waals surface area contributed by atoms with Gasteiger partial charge in [0.1, 0.15) is 0 Å². The molecule has 1 aliphatic rings. The highest BCUT2D eigenvalue weighted by Gasteiger charge is 2.20. The zero-order valence-electron chi connectivity index (χ0n) is 11.2. The van der Waals surface area contributed by atoms with E-state index >= 15 is 0 Å². The number of rotatable bonds is 4. The lowest BCUT2D eigenvalue weighted by Gasteiger charge is -2.33. The topological polar surface area (TPSA) is 3.24 Å². The van der Waals surface area contributed by atoms with Crippen molar-refractivity contribution in [2.45, 2.75) is 39.0 Å². The van der Waals surface area contributed by atoms with Crippen molar-refractivity contribution in [3.63, 3.8) is 0 Å². The van der Waals surface area contributed by atoms with Gasteiger partial charge in [0.15, 0.2) is 0 Å². The maximum absolute atomic E-state index is 2.65. The predicted molar refractivity (Wildman–Crippen MR) is 74.3 cm³/mol. The maximum atomic E-state index is 2.65. The van der Waals surface area contributed by atoms with E-state index < -0.39 is 0 Å². The van der Waals surface area contributed by atoms with E-state index in [1.807, 2.05) is 0 Å². The van der Waals surface area contributed by atoms with Crippen LogP contribution in [0.4, 0.5) is 0 Å². The molecule has 1 saturated heterocycles. The minimum absolute atomic E-state index is 0.796. The smallest absolute Gasteiger partial charge is 0.000692 e. The molecule has 0 aromatic heterocycles. The molecule has 1 aliphatic heterocycles. The third-order valence-electron chi connectivity index (χ3n) is 4.13. The fraction of sp³-hybridized carbons (Fsp3) is 0.625. The molecule has 0 radical (unpaired) electrons. The van der Waals surface area contributed by atoms with Crippen LogP contribution in [-0.4, -0.2) is 24.5 Å². The van der Waals surface area contributed by atoms with Crippen molar-refractivity contribution in [2.24, 2.45) is 5.92 Å². The highest BCUT2D eigenvalue weighted by atomic mass is 15.1. The van der Waals surface area contributed by atoms with Gasteiger partial charge in [0.2, 0.25) is 0 Å². The fourth-order valence-electron chi connectivity index (χ4n) is 2.74. The molecule has 1 nitrogen and oxygen atoms in total. The van der Waals surface area contributed by atoms with E-state index in [0.29, 0.717) is 0 Å². The average Bonchev–Trinajstić information content (AvgIpc) is 2.40. The maximum Gasteiger partial charge on any atom is 0.000692 e. The lowest BCUT2D eigenvalue weighted by molar-refractivity contribution is 0.186. The molecule has 1 aromatic carbocycles. The predicted octanol–water partition coefficient (Wildman–Crippen LogP) is 3.91. The Morgan fingerprint density at radius 1 is 1.18 bits per heavy atom. The summed E-state index contributed by atoms with van der Waals surface area (Å²) in [5.74, 6) is 1.65. The Labute approximate surface area is 106 Å². The summed E-state index contributed by atoms with van der Waals surface area (Å²) in [5, 5.41) is 0. The number of likely N-dealkylation sites (tertiary alicyclic amines) is 1. The minimum Gasteiger partial charge on any atom is -0.303 e. The van der Waals surface area contributed by atoms with Gasteiger partial charge in [0.05, 0.1) is 0 Å². The summed E-state index contributed by atoms with van der Waals surface area (Å²) < 4.78 is 0. The molecule has 1 unspecified atom stereocenters. The van der Waals surface area contributed by atoms with Gasteiger partial charge in [-0.05, 0) is 43.3 Å². The highest BCUT2D eigenvalue weighted by molar-refractivity contribution is 5.19. The third kappa shape index (κ3) is 3.57. The molecule has 1 heteroatoms. The molecule has 2 rings (SSSR count). The van der Waals surface area contributed by atoms with E-state index in [1.54, 1.807) is 0 Å². The van der Waals surface area contributed by atoms with Crippen LogP contribution in [0.15, 0.2) is 30.3 Å². The molecule has 0 N–H and O–H groups in total. The van der Waals surface area contributed by atoms with E-state index in [4.69, 9.17) is 0 Å². The Hall–Kier alpha value is -0.820. The monoisotopic (exact) mass is 231 g/mol. The Kier molecular flexibility index (Phi) is 4.61. The molecule has 1 atom stereocenters. The molecule has 17 heavy (non-hydrogen) atoms. The van der Waals surface area contributed by atoms with Crippen molar-refractivity contribution >= 4 is 0 Å². The van der Waals surface area contributed by atoms with E-state index in [-0.39, 0.29) is 0 Å². The van der Waals surface area contributed by atoms with Crippen molar-refractivity contribution in [3.8, 4) is 0 Å². The zero-order valence-corrected chi connectivity index (χ0v) is 11.2. The van der Waals surface area contributed by atoms with Crippen LogP contribution >= 0.6 is 0 Å². The molecule has 1 heterocycles. The molecule has 0 spiro atoms. The number of piperidine rings is 1. The van der Waals surface area contributed by atoms with Crippen molar-refractivity contribution in [3.05, 3.63) is 35.9 Å². The highest BCUT2D eigenvalue weighted by Crippen LogP contribution is 2.28. The average molecular weight is 231 g/mol. The Morgan fingerprint density at radius 3 is 2.41 bits per heavy atom. The lowest BCUT2D eigenvalue weighted by Crippen LogP contribution is -2.35. The first kappa shape index (κ1) is 12.6. The molecule has 1 aromatic rings. The van der Waals surface area contributed by atoms with Crippen molar-refractivity contribution in [1.82, 2.24) is 4.90 Å². The van der Waals surface area contributed by atoms with Crippen molar-refractivity contribution in [1.29, 1.82) is 0 Å². The molecular weight excluding hydrogens is 206 g/mol. The minimum atomic E-state index is 0.796. The van der Waals surface area contributed by atoms with Crippen LogP contribution in [0.1, 0.15) is 44.6 Å². The van der Waals surface area contributed by atoms with Crippen LogP contribution in [-0.2, 0) is 0 Å². The Balaban J connectivity index is 1.82. The van der Waals surface area contributed by atoms with Crippen LogP contribution in [0.3, 0.4) is 0 Å². The second-order valence-electron chi connectivity index (χ2n) is 5.50. The van der Waals surface area contributed by atoms with E-state index in [2.05, 4.69) is 49.1 Å². The SMILES string of the molecule is CCC(C)CN1CCC(c2ccccc2)CC1. The molecule has 94 valence electrons. The summed E-state index contributed by atoms with van der Waals surface area (Å²) in [4.78, 5) is 2.65. The van der Waals surface area contributed by atoms with Gasteiger partial charge in [-0.3, -0.25) is 0 Å². The molecule has 0 aliphatic carbocycles. The first-order valence-corrected chi connectivity index (χ1v) is 7.07. The standard InChI is InChI=1S/C16H25N/c1-3-14(2)13-17-11-9-16(10-12-17)15-7-5-4-6-8-15/h4-8,14,16H,3,9-13H2,1-2H3. The Bertz CT molecular complexity index is 312. The molecular formula is C16H25N. The van der Waals surface area contributed by atoms with Gasteiger partial charge in [-0.1, -0.05) is 50.6 Å². The van der Waals surface area contributed by atoms with Gasteiger partial charge in [-0.2, -0.15) is 0 Å². The number of benzene rings is 1. The zero-order chi connectivity index (χ0) is 12.1. The largest absolute Gasteiger partial charge is 0.303 e. The number of hydrogen-bond donors (Lipinski definition) is 0. The molecule has 0 amide bonds. The van der Waals surface area contributed by atoms with Gasteiger partial charge in [-0.25, -0.2) is 0 Å². The summed E-state index contributed by atoms with van der Waals surface area (Å²) in [6, 6.07) is 11.0. The first-order valence-electron chi connectivity index (χ1n) is 7.07. The normalized spacial score (nSPS) is 20.4. The molecule has 0 bridgehead atoms. The summed E-state index contributed by atoms with van der Waals surface area (Å²) in [6.07, 6.45) is 3.97. The van der Waals surface area contributed by atoms with Crippen LogP contribution in [0.25, 0.3) is 0 Å². The van der Waals surface area contributed by atoms with Gasteiger partial charge >= 0.3 is 0 Å². The second kappa shape index (κ2) is 6.20. The van der Waals surface area contributed by atoms with Gasteiger partial charge in [0.25, 0.3) is 0 Å².